The molecular formula is C9H8BrF3NOOs. The van der Waals surface area contributed by atoms with E-state index in [9.17, 15) is 18.0 Å². The maximum Gasteiger partial charge on any atom is 1.00 e. The molecule has 91 valence electrons. The van der Waals surface area contributed by atoms with Crippen molar-refractivity contribution in [2.75, 3.05) is 0 Å². The second-order valence-electron chi connectivity index (χ2n) is 3.02. The summed E-state index contributed by atoms with van der Waals surface area (Å²) in [7, 11) is 0. The van der Waals surface area contributed by atoms with Gasteiger partial charge in [-0.3, -0.25) is 4.79 Å². The van der Waals surface area contributed by atoms with Gasteiger partial charge in [0.05, 0.1) is 4.47 Å². The molecule has 0 fully saturated rings. The Morgan fingerprint density at radius 3 is 2.56 bits per heavy atom. The molecule has 0 bridgehead atoms. The Kier molecular flexibility index (Phi) is 5.92. The van der Waals surface area contributed by atoms with Gasteiger partial charge in [0.15, 0.2) is 0 Å². The van der Waals surface area contributed by atoms with Crippen molar-refractivity contribution in [3.05, 3.63) is 39.1 Å². The van der Waals surface area contributed by atoms with Crippen LogP contribution in [0.4, 0.5) is 13.2 Å². The van der Waals surface area contributed by atoms with Crippen LogP contribution in [-0.2, 0) is 26.3 Å². The molecule has 2 nitrogen and oxygen atoms in total. The molecule has 0 aliphatic carbocycles. The summed E-state index contributed by atoms with van der Waals surface area (Å²) in [6.07, 6.45) is -2.89. The quantitative estimate of drug-likeness (QED) is 0.606. The van der Waals surface area contributed by atoms with Gasteiger partial charge in [-0.25, -0.2) is 19.6 Å². The van der Waals surface area contributed by atoms with Crippen LogP contribution in [0.1, 0.15) is 5.56 Å². The molecular weight excluding hydrogens is 465 g/mol. The molecule has 1 aromatic rings. The largest absolute Gasteiger partial charge is 1.00 e. The van der Waals surface area contributed by atoms with Crippen molar-refractivity contribution in [1.82, 2.24) is 4.57 Å². The molecule has 0 aromatic carbocycles. The normalized spacial score (nSPS) is 11.1. The van der Waals surface area contributed by atoms with Gasteiger partial charge in [0.2, 0.25) is 0 Å². The summed E-state index contributed by atoms with van der Waals surface area (Å²) in [5, 5.41) is 0. The SMILES string of the molecule is Cc1ccn(C[CH-]C(F)(F)F)c(=O)c1Br.[Os+]. The van der Waals surface area contributed by atoms with E-state index >= 15 is 0 Å². The van der Waals surface area contributed by atoms with Crippen molar-refractivity contribution in [3.63, 3.8) is 0 Å². The van der Waals surface area contributed by atoms with Gasteiger partial charge in [-0.05, 0) is 34.5 Å². The van der Waals surface area contributed by atoms with Crippen molar-refractivity contribution < 1.29 is 33.0 Å². The van der Waals surface area contributed by atoms with Gasteiger partial charge in [0, 0.05) is 6.20 Å². The van der Waals surface area contributed by atoms with E-state index in [0.29, 0.717) is 10.0 Å². The molecule has 1 rings (SSSR count). The second-order valence-corrected chi connectivity index (χ2v) is 3.81. The summed E-state index contributed by atoms with van der Waals surface area (Å²) in [5.74, 6) is 0. The molecule has 1 heterocycles. The number of aryl methyl sites for hydroxylation is 1. The van der Waals surface area contributed by atoms with Gasteiger partial charge in [-0.15, -0.1) is 0 Å². The molecule has 0 unspecified atom stereocenters. The third kappa shape index (κ3) is 4.38. The zero-order valence-corrected chi connectivity index (χ0v) is 12.3. The summed E-state index contributed by atoms with van der Waals surface area (Å²) in [6.45, 7) is 1.23. The molecule has 1 aromatic heterocycles. The standard InChI is InChI=1S/C9H8BrF3NO.Os/c1-6-2-4-14(8(15)7(6)10)5-3-9(11,12)13;/h2-4H,5H2,1H3;/q-1;+1. The van der Waals surface area contributed by atoms with E-state index in [4.69, 9.17) is 0 Å². The number of pyridine rings is 1. The second kappa shape index (κ2) is 5.97. The first-order valence-corrected chi connectivity index (χ1v) is 4.87. The molecule has 0 atom stereocenters. The molecule has 0 spiro atoms. The smallest absolute Gasteiger partial charge is 0.344 e. The fourth-order valence-electron chi connectivity index (χ4n) is 0.983. The predicted octanol–water partition coefficient (Wildman–Crippen LogP) is 2.68. The van der Waals surface area contributed by atoms with Crippen molar-refractivity contribution in [2.45, 2.75) is 19.6 Å². The molecule has 0 aliphatic rings. The number of nitrogens with zero attached hydrogens (tertiary/aromatic N) is 1. The number of alkyl halides is 3. The number of halogens is 4. The van der Waals surface area contributed by atoms with Crippen LogP contribution in [0, 0.1) is 13.3 Å². The van der Waals surface area contributed by atoms with Crippen LogP contribution in [0.5, 0.6) is 0 Å². The number of rotatable bonds is 2. The van der Waals surface area contributed by atoms with E-state index in [0.717, 1.165) is 4.57 Å². The monoisotopic (exact) mass is 474 g/mol. The summed E-state index contributed by atoms with van der Waals surface area (Å²) < 4.78 is 36.9. The van der Waals surface area contributed by atoms with Gasteiger partial charge in [-0.1, -0.05) is 6.54 Å². The van der Waals surface area contributed by atoms with E-state index in [1.54, 1.807) is 13.0 Å². The van der Waals surface area contributed by atoms with Crippen LogP contribution in [0.2, 0.25) is 0 Å². The first-order chi connectivity index (χ1) is 6.81. The van der Waals surface area contributed by atoms with Crippen molar-refractivity contribution >= 4 is 15.9 Å². The Balaban J connectivity index is 0.00000225. The van der Waals surface area contributed by atoms with E-state index in [1.165, 1.54) is 6.20 Å². The summed E-state index contributed by atoms with van der Waals surface area (Å²) in [5.41, 5.74) is 0.235. The molecule has 0 aliphatic heterocycles. The number of hydrogen-bond donors (Lipinski definition) is 0. The van der Waals surface area contributed by atoms with Crippen molar-refractivity contribution in [1.29, 1.82) is 0 Å². The van der Waals surface area contributed by atoms with Crippen LogP contribution in [-0.4, -0.2) is 10.7 Å². The molecule has 16 heavy (non-hydrogen) atoms. The minimum Gasteiger partial charge on any atom is -0.344 e. The minimum absolute atomic E-state index is 0. The first-order valence-electron chi connectivity index (χ1n) is 4.08. The molecule has 0 amide bonds. The van der Waals surface area contributed by atoms with Crippen LogP contribution >= 0.6 is 15.9 Å². The fourth-order valence-corrected chi connectivity index (χ4v) is 1.34. The van der Waals surface area contributed by atoms with Gasteiger partial charge in [0.1, 0.15) is 0 Å². The van der Waals surface area contributed by atoms with Crippen LogP contribution in [0.3, 0.4) is 0 Å². The summed E-state index contributed by atoms with van der Waals surface area (Å²) >= 11 is 3.02. The van der Waals surface area contributed by atoms with Crippen molar-refractivity contribution in [3.8, 4) is 0 Å². The zero-order valence-electron chi connectivity index (χ0n) is 8.16. The Morgan fingerprint density at radius 1 is 1.50 bits per heavy atom. The van der Waals surface area contributed by atoms with Crippen LogP contribution in [0.25, 0.3) is 0 Å². The topological polar surface area (TPSA) is 22.0 Å². The predicted molar refractivity (Wildman–Crippen MR) is 53.5 cm³/mol. The van der Waals surface area contributed by atoms with Crippen LogP contribution in [0.15, 0.2) is 21.5 Å². The Hall–Kier alpha value is -0.144. The van der Waals surface area contributed by atoms with Gasteiger partial charge >= 0.3 is 19.8 Å². The zero-order chi connectivity index (χ0) is 11.6. The van der Waals surface area contributed by atoms with E-state index < -0.39 is 18.3 Å². The molecule has 7 heteroatoms. The van der Waals surface area contributed by atoms with E-state index in [-0.39, 0.29) is 26.2 Å². The Morgan fingerprint density at radius 2 is 2.06 bits per heavy atom. The molecule has 0 saturated heterocycles. The van der Waals surface area contributed by atoms with E-state index in [1.807, 2.05) is 0 Å². The molecule has 1 radical (unpaired) electrons. The average Bonchev–Trinajstić information content (AvgIpc) is 2.12. The third-order valence-electron chi connectivity index (χ3n) is 1.82. The summed E-state index contributed by atoms with van der Waals surface area (Å²) in [4.78, 5) is 11.4. The van der Waals surface area contributed by atoms with Gasteiger partial charge in [-0.2, -0.15) is 0 Å². The summed E-state index contributed by atoms with van der Waals surface area (Å²) in [6, 6.07) is 1.58. The maximum atomic E-state index is 11.9. The molecule has 0 N–H and O–H groups in total. The third-order valence-corrected chi connectivity index (χ3v) is 2.78. The minimum atomic E-state index is -4.36. The Labute approximate surface area is 112 Å². The fraction of sp³-hybridized carbons (Fsp3) is 0.333. The van der Waals surface area contributed by atoms with Crippen LogP contribution < -0.4 is 5.56 Å². The van der Waals surface area contributed by atoms with Crippen molar-refractivity contribution in [2.24, 2.45) is 0 Å². The number of hydrogen-bond acceptors (Lipinski definition) is 1. The average molecular weight is 473 g/mol. The number of aromatic nitrogens is 1. The Bertz CT molecular complexity index is 416. The maximum absolute atomic E-state index is 11.9. The van der Waals surface area contributed by atoms with Gasteiger partial charge < -0.3 is 4.57 Å². The first kappa shape index (κ1) is 15.9. The van der Waals surface area contributed by atoms with E-state index in [2.05, 4.69) is 15.9 Å². The molecule has 0 saturated carbocycles. The van der Waals surface area contributed by atoms with Gasteiger partial charge in [0.25, 0.3) is 11.7 Å².